The van der Waals surface area contributed by atoms with Crippen molar-refractivity contribution in [3.8, 4) is 0 Å². The maximum Gasteiger partial charge on any atom is 0.133 e. The number of thiocarbonyl (C=S) groups is 1. The molecule has 0 saturated heterocycles. The number of nitrogens with zero attached hydrogens (tertiary/aromatic N) is 1. The molecule has 0 aromatic carbocycles. The molecule has 132 valence electrons. The van der Waals surface area contributed by atoms with E-state index in [4.69, 9.17) is 12.2 Å². The summed E-state index contributed by atoms with van der Waals surface area (Å²) < 4.78 is 0.789. The van der Waals surface area contributed by atoms with Crippen LogP contribution in [0, 0.1) is 0 Å². The molecule has 0 aliphatic rings. The van der Waals surface area contributed by atoms with E-state index >= 15 is 0 Å². The molecule has 0 rings (SSSR count). The first-order valence-corrected chi connectivity index (χ1v) is 10.6. The monoisotopic (exact) mass is 345 g/mol. The molecule has 0 aliphatic heterocycles. The summed E-state index contributed by atoms with van der Waals surface area (Å²) in [6.07, 6.45) is 19.0. The van der Waals surface area contributed by atoms with Gasteiger partial charge in [0.15, 0.2) is 0 Å². The van der Waals surface area contributed by atoms with Crippen LogP contribution in [0.3, 0.4) is 0 Å². The molecular weight excluding hydrogens is 306 g/mol. The smallest absolute Gasteiger partial charge is 0.133 e. The predicted octanol–water partition coefficient (Wildman–Crippen LogP) is 7.00. The predicted molar refractivity (Wildman–Crippen MR) is 109 cm³/mol. The van der Waals surface area contributed by atoms with Gasteiger partial charge in [0, 0.05) is 13.1 Å². The molecule has 0 unspecified atom stereocenters. The highest BCUT2D eigenvalue weighted by atomic mass is 32.1. The molecule has 0 aromatic heterocycles. The Morgan fingerprint density at radius 3 is 1.27 bits per heavy atom. The van der Waals surface area contributed by atoms with E-state index in [2.05, 4.69) is 31.4 Å². The molecule has 0 amide bonds. The lowest BCUT2D eigenvalue weighted by molar-refractivity contribution is 0.395. The largest absolute Gasteiger partial charge is 0.358 e. The van der Waals surface area contributed by atoms with E-state index in [0.29, 0.717) is 0 Å². The van der Waals surface area contributed by atoms with Crippen LogP contribution in [0.25, 0.3) is 0 Å². The van der Waals surface area contributed by atoms with Crippen molar-refractivity contribution in [2.45, 2.75) is 104 Å². The zero-order chi connectivity index (χ0) is 16.5. The summed E-state index contributed by atoms with van der Waals surface area (Å²) in [6, 6.07) is 0. The summed E-state index contributed by atoms with van der Waals surface area (Å²) in [7, 11) is 0. The van der Waals surface area contributed by atoms with Crippen LogP contribution in [0.15, 0.2) is 0 Å². The minimum absolute atomic E-state index is 0.789. The summed E-state index contributed by atoms with van der Waals surface area (Å²) in [5.74, 6) is 0. The molecule has 3 heteroatoms. The molecule has 0 radical (unpaired) electrons. The topological polar surface area (TPSA) is 3.24 Å². The average molecular weight is 346 g/mol. The Morgan fingerprint density at radius 2 is 0.955 bits per heavy atom. The summed E-state index contributed by atoms with van der Waals surface area (Å²) in [4.78, 5) is 2.30. The molecule has 0 fully saturated rings. The Kier molecular flexibility index (Phi) is 17.8. The highest BCUT2D eigenvalue weighted by molar-refractivity contribution is 8.10. The quantitative estimate of drug-likeness (QED) is 0.182. The molecule has 0 N–H and O–H groups in total. The molecule has 0 aliphatic carbocycles. The van der Waals surface area contributed by atoms with Gasteiger partial charge < -0.3 is 4.90 Å². The van der Waals surface area contributed by atoms with E-state index in [0.717, 1.165) is 17.4 Å². The lowest BCUT2D eigenvalue weighted by Gasteiger charge is -2.22. The van der Waals surface area contributed by atoms with Gasteiger partial charge in [-0.25, -0.2) is 0 Å². The number of hydrogen-bond donors (Lipinski definition) is 1. The van der Waals surface area contributed by atoms with Crippen molar-refractivity contribution in [1.29, 1.82) is 0 Å². The van der Waals surface area contributed by atoms with Gasteiger partial charge in [-0.3, -0.25) is 0 Å². The fourth-order valence-corrected chi connectivity index (χ4v) is 3.21. The second-order valence-electron chi connectivity index (χ2n) is 6.51. The SMILES string of the molecule is CCCCCCCCCN(CCCCCCCCC)C(=S)S. The van der Waals surface area contributed by atoms with Gasteiger partial charge in [0.25, 0.3) is 0 Å². The lowest BCUT2D eigenvalue weighted by Crippen LogP contribution is -2.28. The summed E-state index contributed by atoms with van der Waals surface area (Å²) in [5.41, 5.74) is 0. The zero-order valence-corrected chi connectivity index (χ0v) is 16.8. The van der Waals surface area contributed by atoms with Crippen LogP contribution in [0.5, 0.6) is 0 Å². The molecule has 1 nitrogen and oxygen atoms in total. The fraction of sp³-hybridized carbons (Fsp3) is 0.947. The summed E-state index contributed by atoms with van der Waals surface area (Å²) in [5, 5.41) is 0. The van der Waals surface area contributed by atoms with E-state index in [1.165, 1.54) is 89.9 Å². The second-order valence-corrected chi connectivity index (χ2v) is 7.63. The Balaban J connectivity index is 3.51. The summed E-state index contributed by atoms with van der Waals surface area (Å²) >= 11 is 9.67. The van der Waals surface area contributed by atoms with Crippen LogP contribution in [0.1, 0.15) is 104 Å². The molecule has 0 spiro atoms. The number of thiol groups is 1. The van der Waals surface area contributed by atoms with Crippen molar-refractivity contribution in [2.75, 3.05) is 13.1 Å². The van der Waals surface area contributed by atoms with Gasteiger partial charge in [0.05, 0.1) is 0 Å². The third kappa shape index (κ3) is 15.1. The van der Waals surface area contributed by atoms with Gasteiger partial charge in [-0.1, -0.05) is 103 Å². The maximum atomic E-state index is 5.28. The molecule has 0 bridgehead atoms. The van der Waals surface area contributed by atoms with Gasteiger partial charge in [-0.2, -0.15) is 0 Å². The highest BCUT2D eigenvalue weighted by Gasteiger charge is 2.05. The van der Waals surface area contributed by atoms with Crippen LogP contribution in [0.2, 0.25) is 0 Å². The number of unbranched alkanes of at least 4 members (excludes halogenated alkanes) is 12. The summed E-state index contributed by atoms with van der Waals surface area (Å²) in [6.45, 7) is 6.75. The van der Waals surface area contributed by atoms with Crippen molar-refractivity contribution in [3.05, 3.63) is 0 Å². The van der Waals surface area contributed by atoms with E-state index in [1.54, 1.807) is 0 Å². The van der Waals surface area contributed by atoms with Gasteiger partial charge in [-0.05, 0) is 12.8 Å². The van der Waals surface area contributed by atoms with Gasteiger partial charge in [0.1, 0.15) is 4.32 Å². The Labute approximate surface area is 151 Å². The van der Waals surface area contributed by atoms with Crippen molar-refractivity contribution >= 4 is 29.2 Å². The minimum atomic E-state index is 0.789. The average Bonchev–Trinajstić information content (AvgIpc) is 2.50. The van der Waals surface area contributed by atoms with Crippen LogP contribution in [0.4, 0.5) is 0 Å². The van der Waals surface area contributed by atoms with Crippen molar-refractivity contribution < 1.29 is 0 Å². The third-order valence-corrected chi connectivity index (χ3v) is 4.87. The Morgan fingerprint density at radius 1 is 0.636 bits per heavy atom. The number of hydrogen-bond acceptors (Lipinski definition) is 1. The molecule has 0 heterocycles. The first-order valence-electron chi connectivity index (χ1n) is 9.70. The van der Waals surface area contributed by atoms with Crippen molar-refractivity contribution in [1.82, 2.24) is 4.90 Å². The first kappa shape index (κ1) is 22.2. The van der Waals surface area contributed by atoms with Crippen molar-refractivity contribution in [3.63, 3.8) is 0 Å². The van der Waals surface area contributed by atoms with Crippen molar-refractivity contribution in [2.24, 2.45) is 0 Å². The van der Waals surface area contributed by atoms with Crippen LogP contribution in [-0.2, 0) is 0 Å². The fourth-order valence-electron chi connectivity index (χ4n) is 2.82. The van der Waals surface area contributed by atoms with E-state index in [-0.39, 0.29) is 0 Å². The molecule has 0 aromatic rings. The first-order chi connectivity index (χ1) is 10.7. The number of rotatable bonds is 16. The second kappa shape index (κ2) is 17.6. The van der Waals surface area contributed by atoms with Gasteiger partial charge in [-0.15, -0.1) is 12.6 Å². The highest BCUT2D eigenvalue weighted by Crippen LogP contribution is 2.11. The third-order valence-electron chi connectivity index (χ3n) is 4.33. The van der Waals surface area contributed by atoms with Crippen LogP contribution in [-0.4, -0.2) is 22.3 Å². The van der Waals surface area contributed by atoms with Crippen LogP contribution < -0.4 is 0 Å². The van der Waals surface area contributed by atoms with E-state index < -0.39 is 0 Å². The molecule has 0 saturated carbocycles. The van der Waals surface area contributed by atoms with E-state index in [9.17, 15) is 0 Å². The maximum absolute atomic E-state index is 5.28. The standard InChI is InChI=1S/C19H39NS2/c1-3-5-7-9-11-13-15-17-20(19(21)22)18-16-14-12-10-8-6-4-2/h3-18H2,1-2H3,(H,21,22). The minimum Gasteiger partial charge on any atom is -0.358 e. The molecule has 22 heavy (non-hydrogen) atoms. The van der Waals surface area contributed by atoms with E-state index in [1.807, 2.05) is 0 Å². The van der Waals surface area contributed by atoms with Crippen LogP contribution >= 0.6 is 24.8 Å². The zero-order valence-electron chi connectivity index (χ0n) is 15.1. The lowest BCUT2D eigenvalue weighted by atomic mass is 10.1. The molecular formula is C19H39NS2. The Hall–Kier alpha value is 0.240. The Bertz CT molecular complexity index is 226. The van der Waals surface area contributed by atoms with Gasteiger partial charge >= 0.3 is 0 Å². The normalized spacial score (nSPS) is 10.9. The molecule has 0 atom stereocenters. The van der Waals surface area contributed by atoms with Gasteiger partial charge in [0.2, 0.25) is 0 Å².